The smallest absolute Gasteiger partial charge is 0.293 e. The van der Waals surface area contributed by atoms with Crippen LogP contribution in [0.1, 0.15) is 16.7 Å². The molecule has 34 heavy (non-hydrogen) atoms. The van der Waals surface area contributed by atoms with Gasteiger partial charge in [-0.2, -0.15) is 0 Å². The van der Waals surface area contributed by atoms with Crippen LogP contribution in [-0.4, -0.2) is 23.2 Å². The first-order valence-electron chi connectivity index (χ1n) is 10.1. The highest BCUT2D eigenvalue weighted by molar-refractivity contribution is 9.10. The molecule has 0 unspecified atom stereocenters. The van der Waals surface area contributed by atoms with Gasteiger partial charge in [-0.05, 0) is 69.2 Å². The third kappa shape index (κ3) is 5.44. The number of nitrogens with zero attached hydrogens (tertiary/aromatic N) is 1. The number of hydrogen-bond donors (Lipinski definition) is 0. The second kappa shape index (κ2) is 10.9. The Morgan fingerprint density at radius 3 is 2.29 bits per heavy atom. The van der Waals surface area contributed by atoms with Gasteiger partial charge in [-0.25, -0.2) is 0 Å². The van der Waals surface area contributed by atoms with Crippen molar-refractivity contribution in [2.24, 2.45) is 0 Å². The third-order valence-corrected chi connectivity index (χ3v) is 7.27. The molecule has 0 radical (unpaired) electrons. The number of hydrogen-bond acceptors (Lipinski definition) is 5. The average molecular weight is 579 g/mol. The minimum atomic E-state index is -0.371. The number of halogens is 3. The van der Waals surface area contributed by atoms with Crippen molar-refractivity contribution in [3.8, 4) is 11.5 Å². The molecule has 2 amide bonds. The van der Waals surface area contributed by atoms with Crippen LogP contribution in [0.15, 0.2) is 70.0 Å². The zero-order valence-electron chi connectivity index (χ0n) is 17.9. The van der Waals surface area contributed by atoms with E-state index in [0.717, 1.165) is 17.3 Å². The number of carbonyl (C=O) groups excluding carboxylic acids is 2. The summed E-state index contributed by atoms with van der Waals surface area (Å²) in [5, 5.41) is 0.773. The molecule has 0 aromatic heterocycles. The number of amides is 2. The number of benzene rings is 3. The molecular formula is C25H18BrCl2NO4S. The van der Waals surface area contributed by atoms with Crippen LogP contribution in [0.2, 0.25) is 10.0 Å². The molecule has 1 aliphatic rings. The van der Waals surface area contributed by atoms with Crippen molar-refractivity contribution in [2.45, 2.75) is 13.2 Å². The summed E-state index contributed by atoms with van der Waals surface area (Å²) in [7, 11) is 1.53. The lowest BCUT2D eigenvalue weighted by Crippen LogP contribution is -2.27. The molecule has 1 aliphatic heterocycles. The maximum Gasteiger partial charge on any atom is 0.293 e. The zero-order chi connectivity index (χ0) is 24.2. The van der Waals surface area contributed by atoms with E-state index in [1.807, 2.05) is 24.3 Å². The Morgan fingerprint density at radius 2 is 1.65 bits per heavy atom. The topological polar surface area (TPSA) is 55.8 Å². The number of thioether (sulfide) groups is 1. The van der Waals surface area contributed by atoms with Crippen LogP contribution < -0.4 is 9.47 Å². The molecule has 174 valence electrons. The van der Waals surface area contributed by atoms with Crippen molar-refractivity contribution in [1.29, 1.82) is 0 Å². The lowest BCUT2D eigenvalue weighted by atomic mass is 10.1. The molecule has 0 atom stereocenters. The summed E-state index contributed by atoms with van der Waals surface area (Å²) in [6, 6.07) is 18.1. The minimum Gasteiger partial charge on any atom is -0.493 e. The predicted octanol–water partition coefficient (Wildman–Crippen LogP) is 7.58. The minimum absolute atomic E-state index is 0.115. The number of ether oxygens (including phenoxy) is 2. The molecule has 4 rings (SSSR count). The van der Waals surface area contributed by atoms with E-state index in [-0.39, 0.29) is 24.3 Å². The van der Waals surface area contributed by atoms with Crippen molar-refractivity contribution in [3.05, 3.63) is 96.8 Å². The van der Waals surface area contributed by atoms with Crippen LogP contribution in [0.3, 0.4) is 0 Å². The maximum atomic E-state index is 12.9. The highest BCUT2D eigenvalue weighted by Crippen LogP contribution is 2.40. The van der Waals surface area contributed by atoms with Crippen LogP contribution >= 0.6 is 50.9 Å². The van der Waals surface area contributed by atoms with E-state index in [1.54, 1.807) is 42.5 Å². The van der Waals surface area contributed by atoms with Crippen molar-refractivity contribution in [2.75, 3.05) is 7.11 Å². The number of methoxy groups -OCH3 is 1. The molecule has 1 heterocycles. The van der Waals surface area contributed by atoms with Gasteiger partial charge in [0.15, 0.2) is 11.5 Å². The highest BCUT2D eigenvalue weighted by Gasteiger charge is 2.35. The number of carbonyl (C=O) groups is 2. The van der Waals surface area contributed by atoms with Gasteiger partial charge in [0.2, 0.25) is 0 Å². The van der Waals surface area contributed by atoms with Crippen molar-refractivity contribution in [1.82, 2.24) is 4.90 Å². The lowest BCUT2D eigenvalue weighted by molar-refractivity contribution is -0.123. The fraction of sp³-hybridized carbons (Fsp3) is 0.120. The zero-order valence-corrected chi connectivity index (χ0v) is 21.8. The third-order valence-electron chi connectivity index (χ3n) is 5.04. The van der Waals surface area contributed by atoms with E-state index in [9.17, 15) is 9.59 Å². The summed E-state index contributed by atoms with van der Waals surface area (Å²) in [5.74, 6) is 0.610. The summed E-state index contributed by atoms with van der Waals surface area (Å²) in [4.78, 5) is 26.9. The molecule has 0 N–H and O–H groups in total. The highest BCUT2D eigenvalue weighted by atomic mass is 79.9. The second-order valence-electron chi connectivity index (χ2n) is 7.27. The molecular weight excluding hydrogens is 561 g/mol. The Labute approximate surface area is 219 Å². The van der Waals surface area contributed by atoms with E-state index in [4.69, 9.17) is 32.7 Å². The van der Waals surface area contributed by atoms with E-state index in [0.29, 0.717) is 42.0 Å². The van der Waals surface area contributed by atoms with Crippen molar-refractivity contribution in [3.63, 3.8) is 0 Å². The molecule has 1 saturated heterocycles. The molecule has 0 saturated carbocycles. The summed E-state index contributed by atoms with van der Waals surface area (Å²) < 4.78 is 12.1. The van der Waals surface area contributed by atoms with Gasteiger partial charge in [0.25, 0.3) is 11.1 Å². The van der Waals surface area contributed by atoms with Crippen LogP contribution in [0.5, 0.6) is 11.5 Å². The van der Waals surface area contributed by atoms with Gasteiger partial charge >= 0.3 is 0 Å². The Balaban J connectivity index is 1.55. The number of imide groups is 1. The summed E-state index contributed by atoms with van der Waals surface area (Å²) >= 11 is 16.8. The van der Waals surface area contributed by atoms with Crippen molar-refractivity contribution >= 4 is 68.1 Å². The largest absolute Gasteiger partial charge is 0.493 e. The normalized spacial score (nSPS) is 14.7. The van der Waals surface area contributed by atoms with Gasteiger partial charge < -0.3 is 9.47 Å². The Bertz CT molecular complexity index is 1300. The van der Waals surface area contributed by atoms with Crippen LogP contribution in [0.4, 0.5) is 4.79 Å². The van der Waals surface area contributed by atoms with Gasteiger partial charge in [0.05, 0.1) is 23.0 Å². The Kier molecular flexibility index (Phi) is 7.88. The molecule has 0 spiro atoms. The summed E-state index contributed by atoms with van der Waals surface area (Å²) in [6.45, 7) is 0.373. The molecule has 0 bridgehead atoms. The summed E-state index contributed by atoms with van der Waals surface area (Å²) in [6.07, 6.45) is 1.66. The molecule has 0 aliphatic carbocycles. The first-order chi connectivity index (χ1) is 16.4. The van der Waals surface area contributed by atoms with Crippen molar-refractivity contribution < 1.29 is 19.1 Å². The quantitative estimate of drug-likeness (QED) is 0.270. The fourth-order valence-corrected chi connectivity index (χ4v) is 5.11. The fourth-order valence-electron chi connectivity index (χ4n) is 3.31. The average Bonchev–Trinajstić information content (AvgIpc) is 3.07. The first kappa shape index (κ1) is 24.7. The molecule has 3 aromatic rings. The standard InChI is InChI=1S/C25H18BrCl2NO4S/c1-32-21-11-15(10-18(26)23(21)33-14-17-7-3-5-9-20(17)28)12-22-24(30)29(25(31)34-22)13-16-6-2-4-8-19(16)27/h2-12H,13-14H2,1H3/b22-12-. The molecule has 5 nitrogen and oxygen atoms in total. The van der Waals surface area contributed by atoms with Crippen LogP contribution in [0.25, 0.3) is 6.08 Å². The van der Waals surface area contributed by atoms with Gasteiger partial charge in [-0.1, -0.05) is 59.6 Å². The van der Waals surface area contributed by atoms with Gasteiger partial charge in [-0.3, -0.25) is 14.5 Å². The number of rotatable bonds is 7. The van der Waals surface area contributed by atoms with Gasteiger partial charge in [0, 0.05) is 15.6 Å². The van der Waals surface area contributed by atoms with Crippen LogP contribution in [-0.2, 0) is 17.9 Å². The van der Waals surface area contributed by atoms with Crippen LogP contribution in [0, 0.1) is 0 Å². The molecule has 3 aromatic carbocycles. The first-order valence-corrected chi connectivity index (χ1v) is 12.5. The van der Waals surface area contributed by atoms with Gasteiger partial charge in [-0.15, -0.1) is 0 Å². The monoisotopic (exact) mass is 577 g/mol. The Morgan fingerprint density at radius 1 is 1.00 bits per heavy atom. The molecule has 9 heteroatoms. The SMILES string of the molecule is COc1cc(/C=C2\SC(=O)N(Cc3ccccc3Cl)C2=O)cc(Br)c1OCc1ccccc1Cl. The Hall–Kier alpha value is -2.45. The lowest BCUT2D eigenvalue weighted by Gasteiger charge is -2.14. The van der Waals surface area contributed by atoms with Gasteiger partial charge in [0.1, 0.15) is 6.61 Å². The van der Waals surface area contributed by atoms with E-state index in [2.05, 4.69) is 15.9 Å². The maximum absolute atomic E-state index is 12.9. The molecule has 1 fully saturated rings. The van der Waals surface area contributed by atoms with E-state index < -0.39 is 0 Å². The summed E-state index contributed by atoms with van der Waals surface area (Å²) in [5.41, 5.74) is 2.23. The second-order valence-corrected chi connectivity index (χ2v) is 9.94. The van der Waals surface area contributed by atoms with E-state index >= 15 is 0 Å². The predicted molar refractivity (Wildman–Crippen MR) is 139 cm³/mol. The van der Waals surface area contributed by atoms with E-state index in [1.165, 1.54) is 12.0 Å².